The third kappa shape index (κ3) is 3.17. The molecule has 1 rings (SSSR count). The monoisotopic (exact) mass is 208 g/mol. The van der Waals surface area contributed by atoms with Crippen LogP contribution in [0.3, 0.4) is 0 Å². The Kier molecular flexibility index (Phi) is 7.43. The van der Waals surface area contributed by atoms with E-state index in [0.29, 0.717) is 6.17 Å². The molecule has 0 saturated carbocycles. The molecule has 0 aromatic heterocycles. The molecule has 0 spiro atoms. The molecule has 2 nitrogen and oxygen atoms in total. The van der Waals surface area contributed by atoms with E-state index in [1.54, 1.807) is 0 Å². The second kappa shape index (κ2) is 7.06. The zero-order valence-electron chi connectivity index (χ0n) is 8.70. The lowest BCUT2D eigenvalue weighted by Gasteiger charge is -2.22. The Hall–Kier alpha value is 0.620. The van der Waals surface area contributed by atoms with Gasteiger partial charge in [0.2, 0.25) is 0 Å². The second-order valence-corrected chi connectivity index (χ2v) is 3.95. The molecular weight excluding hydrogens is 188 g/mol. The van der Waals surface area contributed by atoms with Crippen molar-refractivity contribution in [1.29, 1.82) is 0 Å². The molecule has 1 aliphatic heterocycles. The fourth-order valence-electron chi connectivity index (χ4n) is 1.20. The van der Waals surface area contributed by atoms with Crippen LogP contribution in [0.25, 0.3) is 0 Å². The van der Waals surface area contributed by atoms with Crippen molar-refractivity contribution in [3.8, 4) is 0 Å². The molecule has 0 atom stereocenters. The van der Waals surface area contributed by atoms with E-state index in [0.717, 1.165) is 0 Å². The molecule has 74 valence electrons. The highest BCUT2D eigenvalue weighted by Crippen LogP contribution is 2.24. The molecule has 4 heteroatoms. The van der Waals surface area contributed by atoms with Gasteiger partial charge in [-0.05, 0) is 19.4 Å². The highest BCUT2D eigenvalue weighted by molar-refractivity contribution is 7.97. The smallest absolute Gasteiger partial charge is 0.0789 e. The van der Waals surface area contributed by atoms with Gasteiger partial charge in [-0.3, -0.25) is 0 Å². The molecule has 1 heterocycles. The van der Waals surface area contributed by atoms with E-state index in [1.165, 1.54) is 13.1 Å². The number of hydrogen-bond donors (Lipinski definition) is 0. The molecule has 0 amide bonds. The van der Waals surface area contributed by atoms with Crippen molar-refractivity contribution in [3.05, 3.63) is 0 Å². The van der Waals surface area contributed by atoms with Crippen LogP contribution in [0.1, 0.15) is 20.8 Å². The van der Waals surface area contributed by atoms with Crippen molar-refractivity contribution >= 4 is 23.9 Å². The first-order chi connectivity index (χ1) is 5.79. The lowest BCUT2D eigenvalue weighted by atomic mass is 10.6. The summed E-state index contributed by atoms with van der Waals surface area (Å²) >= 11 is 3.68. The van der Waals surface area contributed by atoms with Crippen molar-refractivity contribution in [2.75, 3.05) is 25.6 Å². The Bertz CT molecular complexity index is 99.2. The van der Waals surface area contributed by atoms with E-state index >= 15 is 0 Å². The maximum Gasteiger partial charge on any atom is 0.0789 e. The van der Waals surface area contributed by atoms with Gasteiger partial charge in [0.1, 0.15) is 0 Å². The summed E-state index contributed by atoms with van der Waals surface area (Å²) < 4.78 is 4.80. The lowest BCUT2D eigenvalue weighted by Crippen LogP contribution is -2.27. The van der Waals surface area contributed by atoms with E-state index in [4.69, 9.17) is 0 Å². The molecule has 0 aromatic rings. The first-order valence-electron chi connectivity index (χ1n) is 4.41. The molecule has 0 aliphatic carbocycles. The molecule has 0 N–H and O–H groups in total. The zero-order valence-corrected chi connectivity index (χ0v) is 10.3. The summed E-state index contributed by atoms with van der Waals surface area (Å²) in [5, 5.41) is 0. The Labute approximate surface area is 85.3 Å². The van der Waals surface area contributed by atoms with Gasteiger partial charge in [0.05, 0.1) is 6.17 Å². The summed E-state index contributed by atoms with van der Waals surface area (Å²) in [6.07, 6.45) is 4.88. The van der Waals surface area contributed by atoms with E-state index < -0.39 is 0 Å². The maximum absolute atomic E-state index is 2.40. The number of nitrogens with zero attached hydrogens (tertiary/aromatic N) is 2. The lowest BCUT2D eigenvalue weighted by molar-refractivity contribution is 0.354. The minimum Gasteiger partial charge on any atom is -0.232 e. The SMILES string of the molecule is CC.CSN1CCN(SC)C1C. The third-order valence-corrected chi connectivity index (χ3v) is 3.76. The van der Waals surface area contributed by atoms with E-state index in [-0.39, 0.29) is 0 Å². The predicted octanol–water partition coefficient (Wildman–Crippen LogP) is 2.53. The molecule has 0 aromatic carbocycles. The van der Waals surface area contributed by atoms with Crippen LogP contribution in [0.5, 0.6) is 0 Å². The van der Waals surface area contributed by atoms with Crippen molar-refractivity contribution in [1.82, 2.24) is 8.61 Å². The molecule has 0 unspecified atom stereocenters. The molecule has 1 saturated heterocycles. The van der Waals surface area contributed by atoms with E-state index in [9.17, 15) is 0 Å². The fourth-order valence-corrected chi connectivity index (χ4v) is 2.63. The molecule has 1 fully saturated rings. The molecule has 0 radical (unpaired) electrons. The van der Waals surface area contributed by atoms with Gasteiger partial charge in [0.15, 0.2) is 0 Å². The van der Waals surface area contributed by atoms with Gasteiger partial charge in [0.25, 0.3) is 0 Å². The van der Waals surface area contributed by atoms with Crippen LogP contribution in [0.4, 0.5) is 0 Å². The molecule has 12 heavy (non-hydrogen) atoms. The topological polar surface area (TPSA) is 6.48 Å². The van der Waals surface area contributed by atoms with Crippen molar-refractivity contribution in [2.45, 2.75) is 26.9 Å². The summed E-state index contributed by atoms with van der Waals surface area (Å²) in [6, 6.07) is 0. The average molecular weight is 208 g/mol. The van der Waals surface area contributed by atoms with Crippen LogP contribution in [0.2, 0.25) is 0 Å². The minimum absolute atomic E-state index is 0.602. The average Bonchev–Trinajstić information content (AvgIpc) is 2.49. The molecule has 1 aliphatic rings. The molecular formula is C8H20N2S2. The van der Waals surface area contributed by atoms with Crippen LogP contribution in [0, 0.1) is 0 Å². The summed E-state index contributed by atoms with van der Waals surface area (Å²) in [5.41, 5.74) is 0. The predicted molar refractivity (Wildman–Crippen MR) is 61.3 cm³/mol. The van der Waals surface area contributed by atoms with Crippen LogP contribution in [-0.2, 0) is 0 Å². The fraction of sp³-hybridized carbons (Fsp3) is 1.00. The van der Waals surface area contributed by atoms with Crippen LogP contribution < -0.4 is 0 Å². The summed E-state index contributed by atoms with van der Waals surface area (Å²) in [6.45, 7) is 8.65. The Morgan fingerprint density at radius 2 is 1.33 bits per heavy atom. The summed E-state index contributed by atoms with van der Waals surface area (Å²) in [5.74, 6) is 0. The minimum atomic E-state index is 0.602. The quantitative estimate of drug-likeness (QED) is 0.643. The standard InChI is InChI=1S/C6H14N2S2.C2H6/c1-6-7(9-2)4-5-8(6)10-3;1-2/h6H,4-5H2,1-3H3;1-2H3. The zero-order chi connectivity index (χ0) is 9.56. The Morgan fingerprint density at radius 3 is 1.50 bits per heavy atom. The van der Waals surface area contributed by atoms with Crippen LogP contribution >= 0.6 is 23.9 Å². The largest absolute Gasteiger partial charge is 0.232 e. The normalized spacial score (nSPS) is 20.8. The second-order valence-electron chi connectivity index (χ2n) is 2.28. The van der Waals surface area contributed by atoms with Gasteiger partial charge >= 0.3 is 0 Å². The Morgan fingerprint density at radius 1 is 1.00 bits per heavy atom. The van der Waals surface area contributed by atoms with Gasteiger partial charge in [-0.25, -0.2) is 8.61 Å². The van der Waals surface area contributed by atoms with E-state index in [1.807, 2.05) is 37.7 Å². The van der Waals surface area contributed by atoms with Gasteiger partial charge in [-0.15, -0.1) is 0 Å². The van der Waals surface area contributed by atoms with Gasteiger partial charge in [-0.2, -0.15) is 0 Å². The van der Waals surface area contributed by atoms with Gasteiger partial charge in [0, 0.05) is 13.1 Å². The first-order valence-corrected chi connectivity index (χ1v) is 6.77. The van der Waals surface area contributed by atoms with Crippen LogP contribution in [0.15, 0.2) is 0 Å². The Balaban J connectivity index is 0.000000561. The number of rotatable bonds is 2. The third-order valence-electron chi connectivity index (χ3n) is 1.84. The van der Waals surface area contributed by atoms with Gasteiger partial charge < -0.3 is 0 Å². The van der Waals surface area contributed by atoms with Crippen molar-refractivity contribution < 1.29 is 0 Å². The summed E-state index contributed by atoms with van der Waals surface area (Å²) in [4.78, 5) is 0. The van der Waals surface area contributed by atoms with Crippen molar-refractivity contribution in [2.24, 2.45) is 0 Å². The molecule has 0 bridgehead atoms. The van der Waals surface area contributed by atoms with Gasteiger partial charge in [-0.1, -0.05) is 37.7 Å². The maximum atomic E-state index is 2.40. The first kappa shape index (κ1) is 12.6. The van der Waals surface area contributed by atoms with Crippen LogP contribution in [-0.4, -0.2) is 40.4 Å². The number of hydrogen-bond acceptors (Lipinski definition) is 4. The van der Waals surface area contributed by atoms with E-state index in [2.05, 4.69) is 28.0 Å². The van der Waals surface area contributed by atoms with Crippen molar-refractivity contribution in [3.63, 3.8) is 0 Å². The highest BCUT2D eigenvalue weighted by atomic mass is 32.2. The highest BCUT2D eigenvalue weighted by Gasteiger charge is 2.26. The summed E-state index contributed by atoms with van der Waals surface area (Å²) in [7, 11) is 0.